The molecule has 0 aliphatic heterocycles. The SMILES string of the molecule is O=C(NCc1ccc(Br)s1)N[C@@H](C(=O)O)c1ccccc1. The number of amides is 2. The van der Waals surface area contributed by atoms with Crippen molar-refractivity contribution in [3.05, 3.63) is 56.7 Å². The van der Waals surface area contributed by atoms with Crippen molar-refractivity contribution in [1.29, 1.82) is 0 Å². The Morgan fingerprint density at radius 1 is 1.19 bits per heavy atom. The molecule has 0 fully saturated rings. The van der Waals surface area contributed by atoms with E-state index in [1.165, 1.54) is 11.3 Å². The summed E-state index contributed by atoms with van der Waals surface area (Å²) in [7, 11) is 0. The van der Waals surface area contributed by atoms with Crippen LogP contribution in [0.2, 0.25) is 0 Å². The zero-order valence-electron chi connectivity index (χ0n) is 10.9. The van der Waals surface area contributed by atoms with Gasteiger partial charge in [0, 0.05) is 4.88 Å². The van der Waals surface area contributed by atoms with Gasteiger partial charge in [-0.05, 0) is 33.6 Å². The van der Waals surface area contributed by atoms with Gasteiger partial charge in [-0.1, -0.05) is 30.3 Å². The predicted molar refractivity (Wildman–Crippen MR) is 84.2 cm³/mol. The summed E-state index contributed by atoms with van der Waals surface area (Å²) in [6.45, 7) is 0.350. The molecule has 3 N–H and O–H groups in total. The van der Waals surface area contributed by atoms with Crippen molar-refractivity contribution in [2.75, 3.05) is 0 Å². The predicted octanol–water partition coefficient (Wildman–Crippen LogP) is 3.14. The number of hydrogen-bond acceptors (Lipinski definition) is 3. The van der Waals surface area contributed by atoms with Crippen LogP contribution in [-0.4, -0.2) is 17.1 Å². The van der Waals surface area contributed by atoms with Crippen molar-refractivity contribution in [2.45, 2.75) is 12.6 Å². The number of nitrogens with one attached hydrogen (secondary N) is 2. The van der Waals surface area contributed by atoms with E-state index in [-0.39, 0.29) is 0 Å². The maximum atomic E-state index is 11.8. The second-order valence-electron chi connectivity index (χ2n) is 4.21. The number of urea groups is 1. The molecule has 1 atom stereocenters. The smallest absolute Gasteiger partial charge is 0.330 e. The summed E-state index contributed by atoms with van der Waals surface area (Å²) in [5.41, 5.74) is 0.527. The monoisotopic (exact) mass is 368 g/mol. The van der Waals surface area contributed by atoms with Gasteiger partial charge in [-0.2, -0.15) is 0 Å². The molecule has 0 saturated carbocycles. The Balaban J connectivity index is 1.94. The van der Waals surface area contributed by atoms with E-state index in [0.717, 1.165) is 8.66 Å². The first kappa shape index (κ1) is 15.5. The zero-order chi connectivity index (χ0) is 15.2. The van der Waals surface area contributed by atoms with Crippen LogP contribution in [0.1, 0.15) is 16.5 Å². The molecule has 21 heavy (non-hydrogen) atoms. The molecule has 2 aromatic rings. The van der Waals surface area contributed by atoms with Crippen LogP contribution in [-0.2, 0) is 11.3 Å². The third-order valence-electron chi connectivity index (χ3n) is 2.71. The molecule has 0 aliphatic carbocycles. The molecule has 5 nitrogen and oxygen atoms in total. The Hall–Kier alpha value is -1.86. The van der Waals surface area contributed by atoms with Gasteiger partial charge in [-0.15, -0.1) is 11.3 Å². The second kappa shape index (κ2) is 7.24. The Bertz CT molecular complexity index is 630. The van der Waals surface area contributed by atoms with Crippen LogP contribution < -0.4 is 10.6 Å². The van der Waals surface area contributed by atoms with Gasteiger partial charge in [-0.25, -0.2) is 9.59 Å². The lowest BCUT2D eigenvalue weighted by molar-refractivity contribution is -0.139. The van der Waals surface area contributed by atoms with Crippen LogP contribution >= 0.6 is 27.3 Å². The maximum absolute atomic E-state index is 11.8. The van der Waals surface area contributed by atoms with Crippen molar-refractivity contribution in [3.8, 4) is 0 Å². The number of aliphatic carboxylic acids is 1. The van der Waals surface area contributed by atoms with E-state index in [9.17, 15) is 14.7 Å². The molecule has 0 spiro atoms. The molecule has 1 heterocycles. The Kier molecular flexibility index (Phi) is 5.35. The number of halogens is 1. The third kappa shape index (κ3) is 4.57. The summed E-state index contributed by atoms with van der Waals surface area (Å²) in [4.78, 5) is 24.1. The molecular weight excluding hydrogens is 356 g/mol. The first-order chi connectivity index (χ1) is 10.1. The van der Waals surface area contributed by atoms with Gasteiger partial charge >= 0.3 is 12.0 Å². The summed E-state index contributed by atoms with van der Waals surface area (Å²) >= 11 is 4.85. The number of carboxylic acids is 1. The van der Waals surface area contributed by atoms with Crippen molar-refractivity contribution in [3.63, 3.8) is 0 Å². The number of carbonyl (C=O) groups is 2. The van der Waals surface area contributed by atoms with Crippen LogP contribution in [0, 0.1) is 0 Å². The minimum absolute atomic E-state index is 0.350. The Morgan fingerprint density at radius 3 is 2.48 bits per heavy atom. The number of hydrogen-bond donors (Lipinski definition) is 3. The highest BCUT2D eigenvalue weighted by molar-refractivity contribution is 9.11. The molecule has 0 unspecified atom stereocenters. The summed E-state index contributed by atoms with van der Waals surface area (Å²) in [5.74, 6) is -1.10. The van der Waals surface area contributed by atoms with Crippen LogP contribution in [0.4, 0.5) is 4.79 Å². The average molecular weight is 369 g/mol. The van der Waals surface area contributed by atoms with E-state index in [0.29, 0.717) is 12.1 Å². The number of rotatable bonds is 5. The lowest BCUT2D eigenvalue weighted by Crippen LogP contribution is -2.40. The second-order valence-corrected chi connectivity index (χ2v) is 6.76. The van der Waals surface area contributed by atoms with Crippen LogP contribution in [0.5, 0.6) is 0 Å². The molecular formula is C14H13BrN2O3S. The van der Waals surface area contributed by atoms with Crippen LogP contribution in [0.3, 0.4) is 0 Å². The van der Waals surface area contributed by atoms with Crippen LogP contribution in [0.25, 0.3) is 0 Å². The first-order valence-electron chi connectivity index (χ1n) is 6.12. The van der Waals surface area contributed by atoms with Crippen LogP contribution in [0.15, 0.2) is 46.3 Å². The molecule has 0 bridgehead atoms. The highest BCUT2D eigenvalue weighted by atomic mass is 79.9. The lowest BCUT2D eigenvalue weighted by Gasteiger charge is -2.15. The third-order valence-corrected chi connectivity index (χ3v) is 4.33. The van der Waals surface area contributed by atoms with Gasteiger partial charge in [-0.3, -0.25) is 0 Å². The summed E-state index contributed by atoms with van der Waals surface area (Å²) in [5, 5.41) is 14.3. The van der Waals surface area contributed by atoms with E-state index in [2.05, 4.69) is 26.6 Å². The molecule has 0 radical (unpaired) electrons. The molecule has 2 amide bonds. The standard InChI is InChI=1S/C14H13BrN2O3S/c15-11-7-6-10(21-11)8-16-14(20)17-12(13(18)19)9-4-2-1-3-5-9/h1-7,12H,8H2,(H,18,19)(H2,16,17,20)/t12-/m1/s1. The summed E-state index contributed by atoms with van der Waals surface area (Å²) in [6, 6.07) is 10.8. The molecule has 2 rings (SSSR count). The summed E-state index contributed by atoms with van der Waals surface area (Å²) in [6.07, 6.45) is 0. The topological polar surface area (TPSA) is 78.4 Å². The van der Waals surface area contributed by atoms with E-state index < -0.39 is 18.0 Å². The molecule has 7 heteroatoms. The Labute approximate surface area is 134 Å². The Morgan fingerprint density at radius 2 is 1.90 bits per heavy atom. The number of benzene rings is 1. The summed E-state index contributed by atoms with van der Waals surface area (Å²) < 4.78 is 0.979. The molecule has 110 valence electrons. The number of thiophene rings is 1. The van der Waals surface area contributed by atoms with Gasteiger partial charge in [0.05, 0.1) is 10.3 Å². The number of carboxylic acid groups (broad SMARTS) is 1. The van der Waals surface area contributed by atoms with Gasteiger partial charge in [0.25, 0.3) is 0 Å². The minimum atomic E-state index is -1.10. The van der Waals surface area contributed by atoms with E-state index in [1.807, 2.05) is 12.1 Å². The fourth-order valence-corrected chi connectivity index (χ4v) is 3.15. The van der Waals surface area contributed by atoms with E-state index >= 15 is 0 Å². The fourth-order valence-electron chi connectivity index (χ4n) is 1.73. The van der Waals surface area contributed by atoms with Gasteiger partial charge < -0.3 is 15.7 Å². The van der Waals surface area contributed by atoms with Crippen molar-refractivity contribution in [2.24, 2.45) is 0 Å². The average Bonchev–Trinajstić information content (AvgIpc) is 2.89. The fraction of sp³-hybridized carbons (Fsp3) is 0.143. The molecule has 0 saturated heterocycles. The largest absolute Gasteiger partial charge is 0.479 e. The highest BCUT2D eigenvalue weighted by Crippen LogP contribution is 2.21. The maximum Gasteiger partial charge on any atom is 0.330 e. The van der Waals surface area contributed by atoms with E-state index in [1.54, 1.807) is 30.3 Å². The molecule has 1 aromatic carbocycles. The quantitative estimate of drug-likeness (QED) is 0.758. The number of carbonyl (C=O) groups excluding carboxylic acids is 1. The normalized spacial score (nSPS) is 11.7. The molecule has 0 aliphatic rings. The zero-order valence-corrected chi connectivity index (χ0v) is 13.3. The first-order valence-corrected chi connectivity index (χ1v) is 7.73. The molecule has 1 aromatic heterocycles. The van der Waals surface area contributed by atoms with Gasteiger partial charge in [0.2, 0.25) is 0 Å². The van der Waals surface area contributed by atoms with Crippen molar-refractivity contribution >= 4 is 39.3 Å². The van der Waals surface area contributed by atoms with E-state index in [4.69, 9.17) is 0 Å². The van der Waals surface area contributed by atoms with Crippen molar-refractivity contribution < 1.29 is 14.7 Å². The van der Waals surface area contributed by atoms with Gasteiger partial charge in [0.1, 0.15) is 0 Å². The van der Waals surface area contributed by atoms with Crippen molar-refractivity contribution in [1.82, 2.24) is 10.6 Å². The van der Waals surface area contributed by atoms with Gasteiger partial charge in [0.15, 0.2) is 6.04 Å². The lowest BCUT2D eigenvalue weighted by atomic mass is 10.1. The highest BCUT2D eigenvalue weighted by Gasteiger charge is 2.21. The minimum Gasteiger partial charge on any atom is -0.479 e.